The number of rotatable bonds is 5. The fraction of sp³-hybridized carbons (Fsp3) is 0.364. The van der Waals surface area contributed by atoms with Crippen LogP contribution in [0, 0.1) is 10.1 Å². The van der Waals surface area contributed by atoms with Gasteiger partial charge in [-0.05, 0) is 6.92 Å². The Morgan fingerprint density at radius 3 is 2.50 bits per heavy atom. The number of hydrogen-bond donors (Lipinski definition) is 1. The van der Waals surface area contributed by atoms with Gasteiger partial charge < -0.3 is 14.6 Å². The summed E-state index contributed by atoms with van der Waals surface area (Å²) in [7, 11) is 1.10. The Hall–Kier alpha value is -1.57. The van der Waals surface area contributed by atoms with Crippen molar-refractivity contribution in [3.8, 4) is 5.75 Å². The van der Waals surface area contributed by atoms with Crippen molar-refractivity contribution >= 4 is 34.9 Å². The minimum absolute atomic E-state index is 0.00885. The van der Waals surface area contributed by atoms with Crippen LogP contribution >= 0.6 is 23.2 Å². The number of aliphatic hydroxyl groups is 1. The molecule has 0 fully saturated rings. The molecule has 0 saturated heterocycles. The van der Waals surface area contributed by atoms with Gasteiger partial charge in [0.2, 0.25) is 0 Å². The van der Waals surface area contributed by atoms with Crippen molar-refractivity contribution < 1.29 is 24.3 Å². The Morgan fingerprint density at radius 1 is 1.45 bits per heavy atom. The predicted molar refractivity (Wildman–Crippen MR) is 71.3 cm³/mol. The number of esters is 1. The van der Waals surface area contributed by atoms with Gasteiger partial charge in [-0.15, -0.1) is 0 Å². The Bertz CT molecular complexity index is 546. The Morgan fingerprint density at radius 2 is 2.00 bits per heavy atom. The van der Waals surface area contributed by atoms with Crippen LogP contribution in [-0.4, -0.2) is 35.3 Å². The number of nitro benzene ring substituents is 1. The minimum Gasteiger partial charge on any atom is -0.483 e. The van der Waals surface area contributed by atoms with E-state index in [4.69, 9.17) is 27.9 Å². The van der Waals surface area contributed by atoms with Gasteiger partial charge in [0.1, 0.15) is 6.61 Å². The number of methoxy groups -OCH3 is 1. The predicted octanol–water partition coefficient (Wildman–Crippen LogP) is 2.20. The molecule has 110 valence electrons. The molecule has 0 amide bonds. The number of ether oxygens (including phenoxy) is 2. The lowest BCUT2D eigenvalue weighted by molar-refractivity contribution is -0.386. The SMILES string of the molecule is COC(=O)C(C)(O)COc1cc(Cl)c(Cl)cc1[N+](=O)[O-]. The topological polar surface area (TPSA) is 98.9 Å². The van der Waals surface area contributed by atoms with Crippen molar-refractivity contribution in [2.45, 2.75) is 12.5 Å². The second-order valence-electron chi connectivity index (χ2n) is 4.05. The summed E-state index contributed by atoms with van der Waals surface area (Å²) in [5, 5.41) is 20.7. The first-order valence-corrected chi connectivity index (χ1v) is 6.01. The number of nitro groups is 1. The maximum atomic E-state index is 11.3. The van der Waals surface area contributed by atoms with E-state index in [0.29, 0.717) is 0 Å². The molecule has 0 heterocycles. The summed E-state index contributed by atoms with van der Waals surface area (Å²) in [6.07, 6.45) is 0. The summed E-state index contributed by atoms with van der Waals surface area (Å²) < 4.78 is 9.46. The van der Waals surface area contributed by atoms with Crippen LogP contribution in [0.4, 0.5) is 5.69 Å². The number of nitrogens with zero attached hydrogens (tertiary/aromatic N) is 1. The Balaban J connectivity index is 3.01. The molecule has 0 saturated carbocycles. The lowest BCUT2D eigenvalue weighted by atomic mass is 10.1. The highest BCUT2D eigenvalue weighted by molar-refractivity contribution is 6.42. The highest BCUT2D eigenvalue weighted by atomic mass is 35.5. The van der Waals surface area contributed by atoms with Gasteiger partial charge in [0.05, 0.1) is 22.1 Å². The zero-order valence-corrected chi connectivity index (χ0v) is 12.1. The third-order valence-corrected chi connectivity index (χ3v) is 3.05. The smallest absolute Gasteiger partial charge is 0.341 e. The van der Waals surface area contributed by atoms with E-state index in [-0.39, 0.29) is 15.8 Å². The van der Waals surface area contributed by atoms with Crippen LogP contribution in [0.1, 0.15) is 6.92 Å². The molecular weight excluding hydrogens is 313 g/mol. The lowest BCUT2D eigenvalue weighted by Gasteiger charge is -2.20. The van der Waals surface area contributed by atoms with Crippen LogP contribution in [0.2, 0.25) is 10.0 Å². The minimum atomic E-state index is -1.95. The van der Waals surface area contributed by atoms with Gasteiger partial charge in [0.15, 0.2) is 11.4 Å². The zero-order valence-electron chi connectivity index (χ0n) is 10.6. The molecule has 0 bridgehead atoms. The van der Waals surface area contributed by atoms with Crippen molar-refractivity contribution in [3.05, 3.63) is 32.3 Å². The highest BCUT2D eigenvalue weighted by Crippen LogP contribution is 2.36. The molecular formula is C11H11Cl2NO6. The van der Waals surface area contributed by atoms with Crippen molar-refractivity contribution in [2.75, 3.05) is 13.7 Å². The van der Waals surface area contributed by atoms with Crippen molar-refractivity contribution in [1.82, 2.24) is 0 Å². The molecule has 20 heavy (non-hydrogen) atoms. The number of hydrogen-bond acceptors (Lipinski definition) is 6. The van der Waals surface area contributed by atoms with Crippen LogP contribution in [-0.2, 0) is 9.53 Å². The third kappa shape index (κ3) is 3.72. The Labute approximate surface area is 124 Å². The van der Waals surface area contributed by atoms with Gasteiger partial charge in [0.25, 0.3) is 0 Å². The molecule has 1 rings (SSSR count). The summed E-state index contributed by atoms with van der Waals surface area (Å²) in [6.45, 7) is 0.612. The normalized spacial score (nSPS) is 13.4. The molecule has 0 radical (unpaired) electrons. The van der Waals surface area contributed by atoms with Crippen LogP contribution in [0.25, 0.3) is 0 Å². The summed E-state index contributed by atoms with van der Waals surface area (Å²) in [5.74, 6) is -1.14. The second-order valence-corrected chi connectivity index (χ2v) is 4.86. The van der Waals surface area contributed by atoms with Crippen LogP contribution < -0.4 is 4.74 Å². The van der Waals surface area contributed by atoms with Crippen LogP contribution in [0.15, 0.2) is 12.1 Å². The molecule has 0 aliphatic carbocycles. The maximum Gasteiger partial charge on any atom is 0.341 e. The van der Waals surface area contributed by atoms with E-state index in [1.54, 1.807) is 0 Å². The quantitative estimate of drug-likeness (QED) is 0.506. The summed E-state index contributed by atoms with van der Waals surface area (Å²) >= 11 is 11.4. The van der Waals surface area contributed by atoms with E-state index >= 15 is 0 Å². The molecule has 1 aromatic rings. The fourth-order valence-corrected chi connectivity index (χ4v) is 1.59. The van der Waals surface area contributed by atoms with E-state index in [1.165, 1.54) is 0 Å². The van der Waals surface area contributed by atoms with Crippen LogP contribution in [0.5, 0.6) is 5.75 Å². The van der Waals surface area contributed by atoms with Gasteiger partial charge in [-0.25, -0.2) is 4.79 Å². The molecule has 1 atom stereocenters. The maximum absolute atomic E-state index is 11.3. The van der Waals surface area contributed by atoms with Gasteiger partial charge >= 0.3 is 11.7 Å². The monoisotopic (exact) mass is 323 g/mol. The largest absolute Gasteiger partial charge is 0.483 e. The van der Waals surface area contributed by atoms with E-state index in [0.717, 1.165) is 26.2 Å². The lowest BCUT2D eigenvalue weighted by Crippen LogP contribution is -2.42. The van der Waals surface area contributed by atoms with Crippen LogP contribution in [0.3, 0.4) is 0 Å². The summed E-state index contributed by atoms with van der Waals surface area (Å²) in [4.78, 5) is 21.4. The van der Waals surface area contributed by atoms with E-state index < -0.39 is 28.8 Å². The molecule has 0 aliphatic heterocycles. The molecule has 0 aliphatic rings. The number of benzene rings is 1. The average Bonchev–Trinajstić information content (AvgIpc) is 2.38. The van der Waals surface area contributed by atoms with Crippen molar-refractivity contribution in [1.29, 1.82) is 0 Å². The fourth-order valence-electron chi connectivity index (χ4n) is 1.27. The number of carbonyl (C=O) groups excluding carboxylic acids is 1. The standard InChI is InChI=1S/C11H11Cl2NO6/c1-11(16,10(15)19-2)5-20-9-4-7(13)6(12)3-8(9)14(17)18/h3-4,16H,5H2,1-2H3. The summed E-state index contributed by atoms with van der Waals surface area (Å²) in [6, 6.07) is 2.15. The van der Waals surface area contributed by atoms with Gasteiger partial charge in [-0.3, -0.25) is 10.1 Å². The van der Waals surface area contributed by atoms with Gasteiger partial charge in [-0.2, -0.15) is 0 Å². The van der Waals surface area contributed by atoms with Gasteiger partial charge in [-0.1, -0.05) is 23.2 Å². The second kappa shape index (κ2) is 6.25. The zero-order chi connectivity index (χ0) is 15.5. The average molecular weight is 324 g/mol. The molecule has 1 unspecified atom stereocenters. The molecule has 1 aromatic carbocycles. The Kier molecular flexibility index (Phi) is 5.15. The van der Waals surface area contributed by atoms with E-state index in [1.807, 2.05) is 0 Å². The molecule has 0 aromatic heterocycles. The molecule has 0 spiro atoms. The van der Waals surface area contributed by atoms with Crippen molar-refractivity contribution in [3.63, 3.8) is 0 Å². The molecule has 7 nitrogen and oxygen atoms in total. The first-order chi connectivity index (χ1) is 9.19. The molecule has 9 heteroatoms. The van der Waals surface area contributed by atoms with Gasteiger partial charge in [0, 0.05) is 12.1 Å². The first-order valence-electron chi connectivity index (χ1n) is 5.26. The van der Waals surface area contributed by atoms with Crippen molar-refractivity contribution in [2.24, 2.45) is 0 Å². The van der Waals surface area contributed by atoms with E-state index in [2.05, 4.69) is 4.74 Å². The summed E-state index contributed by atoms with van der Waals surface area (Å²) in [5.41, 5.74) is -2.38. The van der Waals surface area contributed by atoms with E-state index in [9.17, 15) is 20.0 Å². The number of halogens is 2. The first kappa shape index (κ1) is 16.5. The molecule has 1 N–H and O–H groups in total. The highest BCUT2D eigenvalue weighted by Gasteiger charge is 2.33. The number of carbonyl (C=O) groups is 1. The third-order valence-electron chi connectivity index (χ3n) is 2.33.